The summed E-state index contributed by atoms with van der Waals surface area (Å²) in [6.45, 7) is 6.57. The molecular formula is C12H19FN2O4S. The van der Waals surface area contributed by atoms with E-state index in [-0.39, 0.29) is 6.61 Å². The van der Waals surface area contributed by atoms with E-state index in [4.69, 9.17) is 4.74 Å². The van der Waals surface area contributed by atoms with Gasteiger partial charge in [0.05, 0.1) is 6.61 Å². The number of nitrogens with zero attached hydrogens (tertiary/aromatic N) is 1. The number of nitrogens with one attached hydrogen (secondary N) is 1. The zero-order valence-electron chi connectivity index (χ0n) is 12.2. The first-order valence-corrected chi connectivity index (χ1v) is 7.54. The summed E-state index contributed by atoms with van der Waals surface area (Å²) in [6, 6.07) is 0. The van der Waals surface area contributed by atoms with Crippen LogP contribution in [0.15, 0.2) is 11.1 Å². The van der Waals surface area contributed by atoms with Crippen molar-refractivity contribution < 1.29 is 22.3 Å². The topological polar surface area (TPSA) is 77.4 Å². The van der Waals surface area contributed by atoms with Crippen molar-refractivity contribution in [1.29, 1.82) is 0 Å². The van der Waals surface area contributed by atoms with Gasteiger partial charge in [-0.3, -0.25) is 0 Å². The van der Waals surface area contributed by atoms with Crippen molar-refractivity contribution in [2.24, 2.45) is 7.05 Å². The van der Waals surface area contributed by atoms with Crippen molar-refractivity contribution >= 4 is 16.0 Å². The lowest BCUT2D eigenvalue weighted by atomic mass is 10.1. The van der Waals surface area contributed by atoms with E-state index in [0.29, 0.717) is 0 Å². The van der Waals surface area contributed by atoms with Gasteiger partial charge in [-0.2, -0.15) is 0 Å². The Morgan fingerprint density at radius 2 is 2.00 bits per heavy atom. The summed E-state index contributed by atoms with van der Waals surface area (Å²) in [5, 5.41) is 0. The average Bonchev–Trinajstić information content (AvgIpc) is 2.51. The summed E-state index contributed by atoms with van der Waals surface area (Å²) in [5.41, 5.74) is -1.17. The number of ether oxygens (including phenoxy) is 1. The van der Waals surface area contributed by atoms with Crippen molar-refractivity contribution in [2.45, 2.75) is 38.1 Å². The van der Waals surface area contributed by atoms with E-state index < -0.39 is 37.9 Å². The molecule has 6 nitrogen and oxygen atoms in total. The second kappa shape index (κ2) is 5.53. The molecular weight excluding hydrogens is 287 g/mol. The molecule has 20 heavy (non-hydrogen) atoms. The number of carbonyl (C=O) groups excluding carboxylic acids is 1. The predicted molar refractivity (Wildman–Crippen MR) is 71.4 cm³/mol. The van der Waals surface area contributed by atoms with E-state index in [1.807, 2.05) is 0 Å². The second-order valence-electron chi connectivity index (χ2n) is 5.34. The summed E-state index contributed by atoms with van der Waals surface area (Å²) in [5.74, 6) is -2.01. The highest BCUT2D eigenvalue weighted by Crippen LogP contribution is 2.22. The maximum absolute atomic E-state index is 14.2. The van der Waals surface area contributed by atoms with Gasteiger partial charge in [-0.25, -0.2) is 22.3 Å². The van der Waals surface area contributed by atoms with Crippen LogP contribution in [0.3, 0.4) is 0 Å². The van der Waals surface area contributed by atoms with Crippen LogP contribution >= 0.6 is 0 Å². The molecule has 1 N–H and O–H groups in total. The SMILES string of the molecule is CCOC(=O)c1c(F)c(S(=O)(=O)NC(C)(C)C)cn1C. The predicted octanol–water partition coefficient (Wildman–Crippen LogP) is 1.42. The number of esters is 1. The van der Waals surface area contributed by atoms with Gasteiger partial charge < -0.3 is 9.30 Å². The molecule has 1 heterocycles. The highest BCUT2D eigenvalue weighted by Gasteiger charge is 2.31. The molecule has 0 bridgehead atoms. The molecule has 1 rings (SSSR count). The number of sulfonamides is 1. The van der Waals surface area contributed by atoms with Crippen molar-refractivity contribution in [3.05, 3.63) is 17.7 Å². The first-order valence-electron chi connectivity index (χ1n) is 6.05. The molecule has 0 aliphatic rings. The Balaban J connectivity index is 3.30. The zero-order valence-corrected chi connectivity index (χ0v) is 13.0. The summed E-state index contributed by atoms with van der Waals surface area (Å²) in [7, 11) is -2.67. The number of hydrogen-bond donors (Lipinski definition) is 1. The average molecular weight is 306 g/mol. The number of hydrogen-bond acceptors (Lipinski definition) is 4. The molecule has 0 unspecified atom stereocenters. The number of aromatic nitrogens is 1. The van der Waals surface area contributed by atoms with Gasteiger partial charge in [-0.05, 0) is 27.7 Å². The molecule has 0 fully saturated rings. The number of rotatable bonds is 4. The smallest absolute Gasteiger partial charge is 0.358 e. The fraction of sp³-hybridized carbons (Fsp3) is 0.583. The summed E-state index contributed by atoms with van der Waals surface area (Å²) in [4.78, 5) is 11.0. The molecule has 8 heteroatoms. The third-order valence-corrected chi connectivity index (χ3v) is 4.03. The standard InChI is InChI=1S/C12H19FN2O4S/c1-6-19-11(16)10-9(13)8(7-15(10)5)20(17,18)14-12(2,3)4/h7,14H,6H2,1-5H3. The van der Waals surface area contributed by atoms with E-state index in [0.717, 1.165) is 10.8 Å². The Bertz CT molecular complexity index is 614. The molecule has 0 spiro atoms. The molecule has 1 aromatic heterocycles. The minimum atomic E-state index is -4.05. The lowest BCUT2D eigenvalue weighted by Gasteiger charge is -2.19. The maximum atomic E-state index is 14.2. The Kier molecular flexibility index (Phi) is 4.60. The van der Waals surface area contributed by atoms with Gasteiger partial charge in [-0.15, -0.1) is 0 Å². The fourth-order valence-electron chi connectivity index (χ4n) is 1.65. The zero-order chi connectivity index (χ0) is 15.7. The van der Waals surface area contributed by atoms with Crippen LogP contribution in [0.5, 0.6) is 0 Å². The second-order valence-corrected chi connectivity index (χ2v) is 6.99. The van der Waals surface area contributed by atoms with Gasteiger partial charge in [0.1, 0.15) is 4.90 Å². The van der Waals surface area contributed by atoms with Crippen LogP contribution in [0.1, 0.15) is 38.2 Å². The van der Waals surface area contributed by atoms with Crippen LogP contribution in [0.4, 0.5) is 4.39 Å². The van der Waals surface area contributed by atoms with Crippen LogP contribution in [0.2, 0.25) is 0 Å². The van der Waals surface area contributed by atoms with Crippen molar-refractivity contribution in [3.63, 3.8) is 0 Å². The van der Waals surface area contributed by atoms with E-state index in [2.05, 4.69) is 4.72 Å². The number of halogens is 1. The molecule has 0 aromatic carbocycles. The van der Waals surface area contributed by atoms with Gasteiger partial charge in [0.15, 0.2) is 11.5 Å². The third-order valence-electron chi connectivity index (χ3n) is 2.29. The molecule has 0 atom stereocenters. The number of carbonyl (C=O) groups is 1. The van der Waals surface area contributed by atoms with Crippen molar-refractivity contribution in [2.75, 3.05) is 6.61 Å². The third kappa shape index (κ3) is 3.57. The maximum Gasteiger partial charge on any atom is 0.358 e. The van der Waals surface area contributed by atoms with Crippen LogP contribution in [-0.4, -0.2) is 31.1 Å². The minimum Gasteiger partial charge on any atom is -0.461 e. The lowest BCUT2D eigenvalue weighted by Crippen LogP contribution is -2.40. The minimum absolute atomic E-state index is 0.0752. The Hall–Kier alpha value is -1.41. The van der Waals surface area contributed by atoms with Gasteiger partial charge in [-0.1, -0.05) is 0 Å². The normalized spacial score (nSPS) is 12.5. The molecule has 0 saturated carbocycles. The van der Waals surface area contributed by atoms with Crippen LogP contribution in [0.25, 0.3) is 0 Å². The first-order chi connectivity index (χ1) is 8.99. The van der Waals surface area contributed by atoms with Crippen molar-refractivity contribution in [3.8, 4) is 0 Å². The quantitative estimate of drug-likeness (QED) is 0.853. The highest BCUT2D eigenvalue weighted by molar-refractivity contribution is 7.89. The lowest BCUT2D eigenvalue weighted by molar-refractivity contribution is 0.0509. The van der Waals surface area contributed by atoms with E-state index in [1.54, 1.807) is 27.7 Å². The van der Waals surface area contributed by atoms with E-state index >= 15 is 0 Å². The molecule has 114 valence electrons. The van der Waals surface area contributed by atoms with Crippen LogP contribution in [-0.2, 0) is 21.8 Å². The first kappa shape index (κ1) is 16.6. The highest BCUT2D eigenvalue weighted by atomic mass is 32.2. The molecule has 1 aromatic rings. The van der Waals surface area contributed by atoms with Gasteiger partial charge >= 0.3 is 5.97 Å². The van der Waals surface area contributed by atoms with Gasteiger partial charge in [0.2, 0.25) is 10.0 Å². The molecule has 0 saturated heterocycles. The van der Waals surface area contributed by atoms with E-state index in [9.17, 15) is 17.6 Å². The Morgan fingerprint density at radius 3 is 2.45 bits per heavy atom. The molecule has 0 aliphatic carbocycles. The monoisotopic (exact) mass is 306 g/mol. The molecule has 0 aliphatic heterocycles. The van der Waals surface area contributed by atoms with Gasteiger partial charge in [0.25, 0.3) is 0 Å². The summed E-state index contributed by atoms with van der Waals surface area (Å²) >= 11 is 0. The summed E-state index contributed by atoms with van der Waals surface area (Å²) in [6.07, 6.45) is 1.05. The Labute approximate surface area is 118 Å². The van der Waals surface area contributed by atoms with Crippen molar-refractivity contribution in [1.82, 2.24) is 9.29 Å². The van der Waals surface area contributed by atoms with Gasteiger partial charge in [0, 0.05) is 18.8 Å². The van der Waals surface area contributed by atoms with Crippen LogP contribution < -0.4 is 4.72 Å². The van der Waals surface area contributed by atoms with Crippen LogP contribution in [0, 0.1) is 5.82 Å². The largest absolute Gasteiger partial charge is 0.461 e. The fourth-order valence-corrected chi connectivity index (χ4v) is 3.19. The molecule has 0 radical (unpaired) electrons. The summed E-state index contributed by atoms with van der Waals surface area (Å²) < 4.78 is 46.5. The molecule has 0 amide bonds. The number of aryl methyl sites for hydroxylation is 1. The Morgan fingerprint density at radius 1 is 1.45 bits per heavy atom. The van der Waals surface area contributed by atoms with E-state index in [1.165, 1.54) is 7.05 Å².